The van der Waals surface area contributed by atoms with Gasteiger partial charge in [-0.25, -0.2) is 0 Å². The van der Waals surface area contributed by atoms with Gasteiger partial charge in [0, 0.05) is 17.2 Å². The normalized spacial score (nSPS) is 12.6. The molecule has 1 aromatic heterocycles. The van der Waals surface area contributed by atoms with Crippen molar-refractivity contribution in [3.05, 3.63) is 35.1 Å². The molecule has 0 saturated carbocycles. The van der Waals surface area contributed by atoms with Gasteiger partial charge in [0.1, 0.15) is 12.1 Å². The Balaban J connectivity index is 1.99. The zero-order chi connectivity index (χ0) is 20.4. The topological polar surface area (TPSA) is 63.0 Å². The summed E-state index contributed by atoms with van der Waals surface area (Å²) in [7, 11) is 0. The van der Waals surface area contributed by atoms with Gasteiger partial charge >= 0.3 is 0 Å². The Hall–Kier alpha value is -1.08. The van der Waals surface area contributed by atoms with Crippen molar-refractivity contribution >= 4 is 23.4 Å². The molecule has 28 heavy (non-hydrogen) atoms. The first kappa shape index (κ1) is 23.2. The zero-order valence-electron chi connectivity index (χ0n) is 17.2. The van der Waals surface area contributed by atoms with Gasteiger partial charge in [-0.15, -0.1) is 10.2 Å². The molecule has 0 aliphatic carbocycles. The van der Waals surface area contributed by atoms with Gasteiger partial charge in [-0.1, -0.05) is 56.6 Å². The highest BCUT2D eigenvalue weighted by atomic mass is 35.5. The van der Waals surface area contributed by atoms with Gasteiger partial charge in [0.2, 0.25) is 0 Å². The SMILES string of the molecule is CCCCSc1nnc(CCCCC(O)NCC(C)C)n1-c1cccc(Cl)c1. The number of hydrogen-bond donors (Lipinski definition) is 2. The minimum atomic E-state index is -0.437. The van der Waals surface area contributed by atoms with E-state index in [1.54, 1.807) is 11.8 Å². The minimum Gasteiger partial charge on any atom is -0.379 e. The molecule has 1 unspecified atom stereocenters. The van der Waals surface area contributed by atoms with E-state index in [9.17, 15) is 5.11 Å². The third kappa shape index (κ3) is 7.74. The highest BCUT2D eigenvalue weighted by Gasteiger charge is 2.15. The first-order valence-electron chi connectivity index (χ1n) is 10.3. The molecule has 2 aromatic rings. The van der Waals surface area contributed by atoms with E-state index in [0.717, 1.165) is 61.1 Å². The van der Waals surface area contributed by atoms with E-state index in [-0.39, 0.29) is 0 Å². The van der Waals surface area contributed by atoms with Crippen LogP contribution in [0, 0.1) is 5.92 Å². The largest absolute Gasteiger partial charge is 0.379 e. The number of rotatable bonds is 13. The summed E-state index contributed by atoms with van der Waals surface area (Å²) in [6.07, 6.45) is 5.35. The van der Waals surface area contributed by atoms with Crippen molar-refractivity contribution in [3.63, 3.8) is 0 Å². The number of aryl methyl sites for hydroxylation is 1. The predicted octanol–water partition coefficient (Wildman–Crippen LogP) is 5.09. The number of unbranched alkanes of at least 4 members (excludes halogenated alkanes) is 2. The quantitative estimate of drug-likeness (QED) is 0.266. The Morgan fingerprint density at radius 1 is 1.21 bits per heavy atom. The fourth-order valence-corrected chi connectivity index (χ4v) is 4.07. The van der Waals surface area contributed by atoms with Crippen LogP contribution in [0.4, 0.5) is 0 Å². The summed E-state index contributed by atoms with van der Waals surface area (Å²) in [5, 5.41) is 23.7. The number of nitrogens with zero attached hydrogens (tertiary/aromatic N) is 3. The van der Waals surface area contributed by atoms with Crippen LogP contribution in [0.5, 0.6) is 0 Å². The smallest absolute Gasteiger partial charge is 0.195 e. The second kappa shape index (κ2) is 12.5. The van der Waals surface area contributed by atoms with Gasteiger partial charge in [0.05, 0.1) is 5.69 Å². The number of thioether (sulfide) groups is 1. The van der Waals surface area contributed by atoms with Crippen LogP contribution >= 0.6 is 23.4 Å². The average Bonchev–Trinajstić information content (AvgIpc) is 3.06. The molecule has 7 heteroatoms. The number of nitrogens with one attached hydrogen (secondary N) is 1. The Labute approximate surface area is 178 Å². The Kier molecular flexibility index (Phi) is 10.3. The lowest BCUT2D eigenvalue weighted by molar-refractivity contribution is 0.121. The monoisotopic (exact) mass is 424 g/mol. The van der Waals surface area contributed by atoms with Gasteiger partial charge in [0.15, 0.2) is 5.16 Å². The maximum atomic E-state index is 10.0. The van der Waals surface area contributed by atoms with Crippen LogP contribution < -0.4 is 5.32 Å². The van der Waals surface area contributed by atoms with Crippen LogP contribution in [0.15, 0.2) is 29.4 Å². The van der Waals surface area contributed by atoms with E-state index < -0.39 is 6.23 Å². The lowest BCUT2D eigenvalue weighted by atomic mass is 10.1. The molecule has 1 aromatic carbocycles. The molecule has 1 heterocycles. The Morgan fingerprint density at radius 2 is 2.04 bits per heavy atom. The van der Waals surface area contributed by atoms with E-state index in [4.69, 9.17) is 11.6 Å². The van der Waals surface area contributed by atoms with Crippen molar-refractivity contribution in [3.8, 4) is 5.69 Å². The molecular weight excluding hydrogens is 392 g/mol. The van der Waals surface area contributed by atoms with Crippen molar-refractivity contribution < 1.29 is 5.11 Å². The fraction of sp³-hybridized carbons (Fsp3) is 0.619. The summed E-state index contributed by atoms with van der Waals surface area (Å²) in [5.41, 5.74) is 1.00. The molecule has 0 aliphatic rings. The van der Waals surface area contributed by atoms with E-state index in [2.05, 4.69) is 40.9 Å². The molecule has 1 atom stereocenters. The fourth-order valence-electron chi connectivity index (χ4n) is 2.83. The number of aliphatic hydroxyl groups excluding tert-OH is 1. The van der Waals surface area contributed by atoms with Gasteiger partial charge < -0.3 is 5.11 Å². The van der Waals surface area contributed by atoms with E-state index in [1.165, 1.54) is 6.42 Å². The molecular formula is C21H33ClN4OS. The maximum absolute atomic E-state index is 10.0. The van der Waals surface area contributed by atoms with Crippen molar-refractivity contribution in [2.45, 2.75) is 70.7 Å². The molecule has 0 spiro atoms. The van der Waals surface area contributed by atoms with E-state index in [0.29, 0.717) is 10.9 Å². The third-order valence-corrected chi connectivity index (χ3v) is 5.64. The predicted molar refractivity (Wildman–Crippen MR) is 118 cm³/mol. The summed E-state index contributed by atoms with van der Waals surface area (Å²) >= 11 is 7.95. The average molecular weight is 425 g/mol. The molecule has 0 aliphatic heterocycles. The number of aromatic nitrogens is 3. The van der Waals surface area contributed by atoms with Crippen LogP contribution in [0.2, 0.25) is 5.02 Å². The number of hydrogen-bond acceptors (Lipinski definition) is 5. The lowest BCUT2D eigenvalue weighted by Crippen LogP contribution is -2.31. The van der Waals surface area contributed by atoms with E-state index in [1.807, 2.05) is 24.3 Å². The molecule has 0 fully saturated rings. The standard InChI is InChI=1S/C21H33ClN4OS/c1-4-5-13-28-21-25-24-19(26(21)18-10-8-9-17(22)14-18)11-6-7-12-20(27)23-15-16(2)3/h8-10,14,16,20,23,27H,4-7,11-13,15H2,1-3H3. The molecule has 0 bridgehead atoms. The third-order valence-electron chi connectivity index (χ3n) is 4.39. The van der Waals surface area contributed by atoms with Gasteiger partial charge in [0.25, 0.3) is 0 Å². The number of halogens is 1. The van der Waals surface area contributed by atoms with Crippen molar-refractivity contribution in [2.24, 2.45) is 5.92 Å². The van der Waals surface area contributed by atoms with E-state index >= 15 is 0 Å². The lowest BCUT2D eigenvalue weighted by Gasteiger charge is -2.14. The van der Waals surface area contributed by atoms with Crippen LogP contribution in [0.25, 0.3) is 5.69 Å². The van der Waals surface area contributed by atoms with Crippen molar-refractivity contribution in [1.29, 1.82) is 0 Å². The number of aliphatic hydroxyl groups is 1. The Morgan fingerprint density at radius 3 is 2.75 bits per heavy atom. The van der Waals surface area contributed by atoms with Crippen LogP contribution in [0.3, 0.4) is 0 Å². The summed E-state index contributed by atoms with van der Waals surface area (Å²) in [5.74, 6) is 2.52. The van der Waals surface area contributed by atoms with Crippen LogP contribution in [-0.2, 0) is 6.42 Å². The van der Waals surface area contributed by atoms with Crippen molar-refractivity contribution in [2.75, 3.05) is 12.3 Å². The molecule has 2 rings (SSSR count). The van der Waals surface area contributed by atoms with Crippen LogP contribution in [-0.4, -0.2) is 38.4 Å². The second-order valence-electron chi connectivity index (χ2n) is 7.48. The molecule has 0 saturated heterocycles. The summed E-state index contributed by atoms with van der Waals surface area (Å²) in [6.45, 7) is 7.30. The summed E-state index contributed by atoms with van der Waals surface area (Å²) < 4.78 is 2.12. The summed E-state index contributed by atoms with van der Waals surface area (Å²) in [4.78, 5) is 0. The number of benzene rings is 1. The molecule has 156 valence electrons. The van der Waals surface area contributed by atoms with Gasteiger partial charge in [-0.3, -0.25) is 9.88 Å². The first-order valence-corrected chi connectivity index (χ1v) is 11.6. The molecule has 2 N–H and O–H groups in total. The summed E-state index contributed by atoms with van der Waals surface area (Å²) in [6, 6.07) is 7.84. The molecule has 0 radical (unpaired) electrons. The highest BCUT2D eigenvalue weighted by Crippen LogP contribution is 2.25. The molecule has 0 amide bonds. The zero-order valence-corrected chi connectivity index (χ0v) is 18.8. The highest BCUT2D eigenvalue weighted by molar-refractivity contribution is 7.99. The minimum absolute atomic E-state index is 0.437. The molecule has 5 nitrogen and oxygen atoms in total. The maximum Gasteiger partial charge on any atom is 0.195 e. The van der Waals surface area contributed by atoms with Crippen molar-refractivity contribution in [1.82, 2.24) is 20.1 Å². The van der Waals surface area contributed by atoms with Crippen LogP contribution in [0.1, 0.15) is 58.7 Å². The second-order valence-corrected chi connectivity index (χ2v) is 8.98. The Bertz CT molecular complexity index is 707. The van der Waals surface area contributed by atoms with Gasteiger partial charge in [-0.2, -0.15) is 0 Å². The first-order chi connectivity index (χ1) is 13.5. The van der Waals surface area contributed by atoms with Gasteiger partial charge in [-0.05, 0) is 56.3 Å².